The minimum Gasteiger partial charge on any atom is -0.309 e. The molecule has 0 N–H and O–H groups in total. The second-order valence-electron chi connectivity index (χ2n) is 14.8. The van der Waals surface area contributed by atoms with Gasteiger partial charge in [-0.3, -0.25) is 9.97 Å². The van der Waals surface area contributed by atoms with E-state index in [1.165, 1.54) is 60.8 Å². The number of para-hydroxylation sites is 1. The van der Waals surface area contributed by atoms with Gasteiger partial charge >= 0.3 is 0 Å². The Hall–Kier alpha value is -6.78. The molecule has 3 aromatic heterocycles. The van der Waals surface area contributed by atoms with Crippen molar-refractivity contribution >= 4 is 38.9 Å². The Labute approximate surface area is 315 Å². The van der Waals surface area contributed by atoms with Crippen molar-refractivity contribution in [2.75, 3.05) is 4.90 Å². The Morgan fingerprint density at radius 2 is 1.20 bits per heavy atom. The average Bonchev–Trinajstić information content (AvgIpc) is 3.66. The summed E-state index contributed by atoms with van der Waals surface area (Å²) in [6.45, 7) is 6.85. The van der Waals surface area contributed by atoms with E-state index in [9.17, 15) is 0 Å². The number of anilines is 3. The van der Waals surface area contributed by atoms with Gasteiger partial charge in [0.05, 0.1) is 34.3 Å². The van der Waals surface area contributed by atoms with E-state index >= 15 is 0 Å². The molecule has 54 heavy (non-hydrogen) atoms. The highest BCUT2D eigenvalue weighted by molar-refractivity contribution is 6.11. The third kappa shape index (κ3) is 5.14. The van der Waals surface area contributed by atoms with Crippen molar-refractivity contribution in [1.29, 1.82) is 0 Å². The van der Waals surface area contributed by atoms with E-state index in [-0.39, 0.29) is 5.41 Å². The van der Waals surface area contributed by atoms with E-state index in [0.29, 0.717) is 0 Å². The predicted octanol–water partition coefficient (Wildman–Crippen LogP) is 13.0. The number of hydrogen-bond acceptors (Lipinski definition) is 3. The smallest absolute Gasteiger partial charge is 0.0887 e. The Kier molecular flexibility index (Phi) is 7.34. The molecule has 0 saturated heterocycles. The molecular weight excluding hydrogens is 657 g/mol. The van der Waals surface area contributed by atoms with Crippen LogP contribution in [0.3, 0.4) is 0 Å². The van der Waals surface area contributed by atoms with E-state index in [4.69, 9.17) is 4.98 Å². The highest BCUT2D eigenvalue weighted by atomic mass is 15.1. The van der Waals surface area contributed by atoms with E-state index in [1.54, 1.807) is 0 Å². The summed E-state index contributed by atoms with van der Waals surface area (Å²) < 4.78 is 2.37. The van der Waals surface area contributed by atoms with Crippen LogP contribution in [0.5, 0.6) is 0 Å². The van der Waals surface area contributed by atoms with Gasteiger partial charge in [0.2, 0.25) is 0 Å². The van der Waals surface area contributed by atoms with Gasteiger partial charge in [-0.05, 0) is 125 Å². The van der Waals surface area contributed by atoms with Gasteiger partial charge in [-0.2, -0.15) is 0 Å². The Balaban J connectivity index is 1.14. The normalized spacial score (nSPS) is 12.9. The number of pyridine rings is 2. The molecule has 4 heteroatoms. The summed E-state index contributed by atoms with van der Waals surface area (Å²) in [7, 11) is 0. The monoisotopic (exact) mass is 694 g/mol. The molecule has 0 unspecified atom stereocenters. The van der Waals surface area contributed by atoms with Gasteiger partial charge in [0.1, 0.15) is 0 Å². The van der Waals surface area contributed by atoms with Crippen molar-refractivity contribution in [3.05, 3.63) is 193 Å². The lowest BCUT2D eigenvalue weighted by molar-refractivity contribution is 0.660. The van der Waals surface area contributed by atoms with E-state index in [1.807, 2.05) is 30.6 Å². The first kappa shape index (κ1) is 31.9. The number of aryl methyl sites for hydroxylation is 1. The second kappa shape index (κ2) is 12.4. The molecule has 258 valence electrons. The fourth-order valence-corrected chi connectivity index (χ4v) is 8.46. The highest BCUT2D eigenvalue weighted by Crippen LogP contribution is 2.50. The standard InChI is InChI=1S/C50H38N4/c1-33-19-25-48-42(28-33)43-31-38(22-26-49(43)54(48)36-13-5-4-6-14-36)53(39-21-24-47(52-32-39)46-18-9-10-27-51-46)37-15-11-12-34(29-37)35-20-23-41-40-16-7-8-17-44(40)50(2,3)45(41)30-35/h4-32H,1-3H3. The van der Waals surface area contributed by atoms with Gasteiger partial charge in [-0.15, -0.1) is 0 Å². The number of hydrogen-bond donors (Lipinski definition) is 0. The SMILES string of the molecule is Cc1ccc2c(c1)c1cc(N(c3ccc(-c4ccccn4)nc3)c3cccc(-c4ccc5c(c4)C(C)(C)c4ccccc4-5)c3)ccc1n2-c1ccccc1. The minimum absolute atomic E-state index is 0.0701. The van der Waals surface area contributed by atoms with Crippen molar-refractivity contribution in [1.82, 2.24) is 14.5 Å². The van der Waals surface area contributed by atoms with Gasteiger partial charge in [0, 0.05) is 39.4 Å². The molecule has 4 nitrogen and oxygen atoms in total. The number of nitrogens with zero attached hydrogens (tertiary/aromatic N) is 4. The van der Waals surface area contributed by atoms with E-state index in [2.05, 4.69) is 181 Å². The first-order chi connectivity index (χ1) is 26.4. The van der Waals surface area contributed by atoms with Gasteiger partial charge in [0.25, 0.3) is 0 Å². The molecule has 0 bridgehead atoms. The molecule has 0 amide bonds. The number of fused-ring (bicyclic) bond motifs is 6. The zero-order valence-corrected chi connectivity index (χ0v) is 30.5. The van der Waals surface area contributed by atoms with Crippen LogP contribution in [0.15, 0.2) is 176 Å². The fraction of sp³-hybridized carbons (Fsp3) is 0.0800. The van der Waals surface area contributed by atoms with Gasteiger partial charge in [-0.1, -0.05) is 98.3 Å². The fourth-order valence-electron chi connectivity index (χ4n) is 8.46. The number of rotatable bonds is 6. The molecule has 0 aliphatic heterocycles. The summed E-state index contributed by atoms with van der Waals surface area (Å²) in [5.41, 5.74) is 17.3. The lowest BCUT2D eigenvalue weighted by atomic mass is 9.81. The lowest BCUT2D eigenvalue weighted by Gasteiger charge is -2.26. The third-order valence-electron chi connectivity index (χ3n) is 11.1. The van der Waals surface area contributed by atoms with Crippen LogP contribution >= 0.6 is 0 Å². The van der Waals surface area contributed by atoms with E-state index in [0.717, 1.165) is 34.1 Å². The van der Waals surface area contributed by atoms with Crippen molar-refractivity contribution in [3.63, 3.8) is 0 Å². The molecule has 3 heterocycles. The molecule has 1 aliphatic rings. The van der Waals surface area contributed by atoms with Crippen molar-refractivity contribution in [2.45, 2.75) is 26.2 Å². The summed E-state index contributed by atoms with van der Waals surface area (Å²) in [4.78, 5) is 11.8. The largest absolute Gasteiger partial charge is 0.309 e. The van der Waals surface area contributed by atoms with E-state index < -0.39 is 0 Å². The van der Waals surface area contributed by atoms with Crippen molar-refractivity contribution in [3.8, 4) is 39.3 Å². The predicted molar refractivity (Wildman–Crippen MR) is 224 cm³/mol. The van der Waals surface area contributed by atoms with Crippen LogP contribution in [0.1, 0.15) is 30.5 Å². The molecule has 6 aromatic carbocycles. The summed E-state index contributed by atoms with van der Waals surface area (Å²) >= 11 is 0. The topological polar surface area (TPSA) is 34.0 Å². The lowest BCUT2D eigenvalue weighted by Crippen LogP contribution is -2.14. The zero-order valence-electron chi connectivity index (χ0n) is 30.5. The van der Waals surface area contributed by atoms with Crippen LogP contribution in [0.2, 0.25) is 0 Å². The number of aromatic nitrogens is 3. The molecule has 0 spiro atoms. The van der Waals surface area contributed by atoms with Crippen molar-refractivity contribution in [2.24, 2.45) is 0 Å². The van der Waals surface area contributed by atoms with Crippen LogP contribution in [0.4, 0.5) is 17.1 Å². The molecule has 0 fully saturated rings. The van der Waals surface area contributed by atoms with Gasteiger partial charge < -0.3 is 9.47 Å². The molecule has 0 radical (unpaired) electrons. The Bertz CT molecular complexity index is 2850. The van der Waals surface area contributed by atoms with Crippen LogP contribution < -0.4 is 4.90 Å². The quantitative estimate of drug-likeness (QED) is 0.174. The maximum Gasteiger partial charge on any atom is 0.0887 e. The molecule has 9 aromatic rings. The first-order valence-electron chi connectivity index (χ1n) is 18.6. The number of benzene rings is 6. The molecule has 0 saturated carbocycles. The summed E-state index contributed by atoms with van der Waals surface area (Å²) in [5.74, 6) is 0. The zero-order chi connectivity index (χ0) is 36.4. The third-order valence-corrected chi connectivity index (χ3v) is 11.1. The van der Waals surface area contributed by atoms with Crippen LogP contribution in [-0.4, -0.2) is 14.5 Å². The Morgan fingerprint density at radius 1 is 0.500 bits per heavy atom. The molecule has 1 aliphatic carbocycles. The second-order valence-corrected chi connectivity index (χ2v) is 14.8. The van der Waals surface area contributed by atoms with Gasteiger partial charge in [0.15, 0.2) is 0 Å². The average molecular weight is 695 g/mol. The first-order valence-corrected chi connectivity index (χ1v) is 18.6. The maximum atomic E-state index is 4.94. The molecular formula is C50H38N4. The van der Waals surface area contributed by atoms with Crippen LogP contribution in [0, 0.1) is 6.92 Å². The highest BCUT2D eigenvalue weighted by Gasteiger charge is 2.35. The van der Waals surface area contributed by atoms with Gasteiger partial charge in [-0.25, -0.2) is 0 Å². The summed E-state index contributed by atoms with van der Waals surface area (Å²) in [5, 5.41) is 2.43. The molecule has 10 rings (SSSR count). The maximum absolute atomic E-state index is 4.94. The van der Waals surface area contributed by atoms with Crippen LogP contribution in [-0.2, 0) is 5.41 Å². The summed E-state index contributed by atoms with van der Waals surface area (Å²) in [6.07, 6.45) is 3.78. The van der Waals surface area contributed by atoms with Crippen molar-refractivity contribution < 1.29 is 0 Å². The van der Waals surface area contributed by atoms with Crippen LogP contribution in [0.25, 0.3) is 61.1 Å². The molecule has 0 atom stereocenters. The Morgan fingerprint density at radius 3 is 2.02 bits per heavy atom. The summed E-state index contributed by atoms with van der Waals surface area (Å²) in [6, 6.07) is 59.1. The minimum atomic E-state index is -0.0701.